The number of halogens is 6. The molecule has 0 radical (unpaired) electrons. The van der Waals surface area contributed by atoms with Crippen molar-refractivity contribution in [3.8, 4) is 23.0 Å². The molecule has 3 aromatic carbocycles. The Labute approximate surface area is 211 Å². The molecule has 38 heavy (non-hydrogen) atoms. The monoisotopic (exact) mass is 530 g/mol. The van der Waals surface area contributed by atoms with Gasteiger partial charge in [0.25, 0.3) is 0 Å². The number of nitrogens with zero attached hydrogens (tertiary/aromatic N) is 3. The number of benzene rings is 3. The van der Waals surface area contributed by atoms with Crippen LogP contribution in [0, 0.1) is 11.3 Å². The summed E-state index contributed by atoms with van der Waals surface area (Å²) >= 11 is 0. The number of rotatable bonds is 6. The number of alkyl halides is 6. The number of carbonyl (C=O) groups is 1. The molecule has 194 valence electrons. The Bertz CT molecular complexity index is 1520. The summed E-state index contributed by atoms with van der Waals surface area (Å²) in [6.45, 7) is -0.0627. The van der Waals surface area contributed by atoms with Gasteiger partial charge in [-0.15, -0.1) is 0 Å². The van der Waals surface area contributed by atoms with Crippen LogP contribution >= 0.6 is 0 Å². The number of hydrogen-bond donors (Lipinski definition) is 2. The predicted molar refractivity (Wildman–Crippen MR) is 124 cm³/mol. The molecule has 0 unspecified atom stereocenters. The Morgan fingerprint density at radius 2 is 1.61 bits per heavy atom. The molecule has 0 amide bonds. The van der Waals surface area contributed by atoms with Crippen LogP contribution in [0.25, 0.3) is 16.9 Å². The van der Waals surface area contributed by atoms with Gasteiger partial charge in [-0.25, -0.2) is 9.48 Å². The van der Waals surface area contributed by atoms with E-state index in [0.29, 0.717) is 16.8 Å². The molecule has 0 saturated carbocycles. The predicted octanol–water partition coefficient (Wildman–Crippen LogP) is 6.76. The van der Waals surface area contributed by atoms with E-state index in [4.69, 9.17) is 10.4 Å². The summed E-state index contributed by atoms with van der Waals surface area (Å²) in [7, 11) is 0. The molecule has 6 nitrogen and oxygen atoms in total. The fraction of sp³-hybridized carbons (Fsp3) is 0.115. The maximum atomic E-state index is 13.3. The van der Waals surface area contributed by atoms with Crippen molar-refractivity contribution in [2.75, 3.05) is 5.32 Å². The molecule has 0 fully saturated rings. The summed E-state index contributed by atoms with van der Waals surface area (Å²) in [4.78, 5) is 11.1. The van der Waals surface area contributed by atoms with Gasteiger partial charge in [-0.05, 0) is 54.6 Å². The summed E-state index contributed by atoms with van der Waals surface area (Å²) in [5, 5.41) is 25.4. The Hall–Kier alpha value is -4.79. The molecule has 0 aliphatic carbocycles. The first-order valence-corrected chi connectivity index (χ1v) is 10.8. The zero-order chi connectivity index (χ0) is 27.7. The highest BCUT2D eigenvalue weighted by Crippen LogP contribution is 2.35. The molecule has 12 heteroatoms. The second kappa shape index (κ2) is 9.93. The third kappa shape index (κ3) is 5.62. The van der Waals surface area contributed by atoms with Crippen molar-refractivity contribution in [3.63, 3.8) is 0 Å². The van der Waals surface area contributed by atoms with Crippen molar-refractivity contribution in [2.24, 2.45) is 0 Å². The van der Waals surface area contributed by atoms with Crippen molar-refractivity contribution in [1.29, 1.82) is 5.26 Å². The van der Waals surface area contributed by atoms with Gasteiger partial charge in [0.15, 0.2) is 0 Å². The minimum absolute atomic E-state index is 0.0343. The first-order chi connectivity index (χ1) is 17.9. The quantitative estimate of drug-likeness (QED) is 0.269. The standard InChI is InChI=1S/C26H16F6N4O2/c27-25(28,29)19-6-1-15(2-7-19)23-18(14-36(35-23)21-9-4-16(5-10-21)24(37)38)13-34-20-8-3-17(12-33)22(11-20)26(30,31)32/h1-11,14,34H,13H2,(H,37,38). The lowest BCUT2D eigenvalue weighted by Gasteiger charge is -2.12. The molecule has 4 aromatic rings. The fourth-order valence-electron chi connectivity index (χ4n) is 3.67. The summed E-state index contributed by atoms with van der Waals surface area (Å²) < 4.78 is 80.5. The zero-order valence-corrected chi connectivity index (χ0v) is 19.1. The lowest BCUT2D eigenvalue weighted by atomic mass is 10.0. The number of aromatic carboxylic acids is 1. The Morgan fingerprint density at radius 3 is 2.16 bits per heavy atom. The van der Waals surface area contributed by atoms with Crippen LogP contribution in [0.4, 0.5) is 32.0 Å². The van der Waals surface area contributed by atoms with Gasteiger partial charge in [0.2, 0.25) is 0 Å². The van der Waals surface area contributed by atoms with Crippen LogP contribution in [0.3, 0.4) is 0 Å². The summed E-state index contributed by atoms with van der Waals surface area (Å²) in [5.74, 6) is -1.13. The third-order valence-corrected chi connectivity index (χ3v) is 5.58. The van der Waals surface area contributed by atoms with Gasteiger partial charge >= 0.3 is 18.3 Å². The lowest BCUT2D eigenvalue weighted by molar-refractivity contribution is -0.138. The van der Waals surface area contributed by atoms with Gasteiger partial charge < -0.3 is 10.4 Å². The Balaban J connectivity index is 1.71. The molecule has 0 spiro atoms. The van der Waals surface area contributed by atoms with E-state index in [0.717, 1.165) is 24.3 Å². The number of carboxylic acid groups (broad SMARTS) is 1. The van der Waals surface area contributed by atoms with Crippen molar-refractivity contribution in [1.82, 2.24) is 9.78 Å². The van der Waals surface area contributed by atoms with Crippen LogP contribution < -0.4 is 5.32 Å². The van der Waals surface area contributed by atoms with Crippen LogP contribution in [0.5, 0.6) is 0 Å². The van der Waals surface area contributed by atoms with Crippen LogP contribution in [0.1, 0.15) is 32.6 Å². The number of aromatic nitrogens is 2. The molecule has 1 aromatic heterocycles. The van der Waals surface area contributed by atoms with Crippen molar-refractivity contribution in [2.45, 2.75) is 18.9 Å². The van der Waals surface area contributed by atoms with E-state index in [1.807, 2.05) is 0 Å². The minimum Gasteiger partial charge on any atom is -0.478 e. The van der Waals surface area contributed by atoms with Gasteiger partial charge in [0, 0.05) is 29.6 Å². The average molecular weight is 530 g/mol. The molecule has 0 aliphatic heterocycles. The van der Waals surface area contributed by atoms with Crippen molar-refractivity contribution < 1.29 is 36.2 Å². The molecule has 0 bridgehead atoms. The van der Waals surface area contributed by atoms with E-state index in [1.54, 1.807) is 0 Å². The maximum Gasteiger partial charge on any atom is 0.417 e. The van der Waals surface area contributed by atoms with Gasteiger partial charge in [-0.1, -0.05) is 12.1 Å². The molecule has 0 saturated heterocycles. The first-order valence-electron chi connectivity index (χ1n) is 10.8. The first kappa shape index (κ1) is 26.3. The highest BCUT2D eigenvalue weighted by molar-refractivity contribution is 5.87. The number of carboxylic acids is 1. The normalized spacial score (nSPS) is 11.7. The third-order valence-electron chi connectivity index (χ3n) is 5.58. The minimum atomic E-state index is -4.75. The molecule has 0 atom stereocenters. The van der Waals surface area contributed by atoms with Gasteiger partial charge in [-0.2, -0.15) is 36.7 Å². The van der Waals surface area contributed by atoms with Gasteiger partial charge in [-0.3, -0.25) is 0 Å². The smallest absolute Gasteiger partial charge is 0.417 e. The van der Waals surface area contributed by atoms with Gasteiger partial charge in [0.1, 0.15) is 0 Å². The van der Waals surface area contributed by atoms with Crippen molar-refractivity contribution in [3.05, 3.63) is 101 Å². The summed E-state index contributed by atoms with van der Waals surface area (Å²) in [5.41, 5.74) is -0.933. The SMILES string of the molecule is N#Cc1ccc(NCc2cn(-c3ccc(C(=O)O)cc3)nc2-c2ccc(C(F)(F)F)cc2)cc1C(F)(F)F. The van der Waals surface area contributed by atoms with E-state index in [9.17, 15) is 31.1 Å². The van der Waals surface area contributed by atoms with Crippen LogP contribution in [-0.2, 0) is 18.9 Å². The molecule has 4 rings (SSSR count). The largest absolute Gasteiger partial charge is 0.478 e. The number of anilines is 1. The molecule has 1 heterocycles. The summed E-state index contributed by atoms with van der Waals surface area (Å²) in [6.07, 6.45) is -7.76. The second-order valence-electron chi connectivity index (χ2n) is 8.10. The Morgan fingerprint density at radius 1 is 0.947 bits per heavy atom. The molecule has 2 N–H and O–H groups in total. The van der Waals surface area contributed by atoms with Crippen LogP contribution in [-0.4, -0.2) is 20.9 Å². The van der Waals surface area contributed by atoms with E-state index in [2.05, 4.69) is 10.4 Å². The molecule has 0 aliphatic rings. The fourth-order valence-corrected chi connectivity index (χ4v) is 3.67. The second-order valence-corrected chi connectivity index (χ2v) is 8.10. The number of nitriles is 1. The zero-order valence-electron chi connectivity index (χ0n) is 19.1. The lowest BCUT2D eigenvalue weighted by Crippen LogP contribution is -2.09. The number of nitrogens with one attached hydrogen (secondary N) is 1. The highest BCUT2D eigenvalue weighted by atomic mass is 19.4. The molecular formula is C26H16F6N4O2. The average Bonchev–Trinajstić information content (AvgIpc) is 3.30. The van der Waals surface area contributed by atoms with Crippen LogP contribution in [0.15, 0.2) is 72.9 Å². The van der Waals surface area contributed by atoms with E-state index in [-0.39, 0.29) is 23.5 Å². The van der Waals surface area contributed by atoms with E-state index >= 15 is 0 Å². The summed E-state index contributed by atoms with van der Waals surface area (Å²) in [6, 6.07) is 14.6. The topological polar surface area (TPSA) is 90.9 Å². The number of hydrogen-bond acceptors (Lipinski definition) is 4. The maximum absolute atomic E-state index is 13.3. The van der Waals surface area contributed by atoms with Crippen molar-refractivity contribution >= 4 is 11.7 Å². The van der Waals surface area contributed by atoms with Crippen LogP contribution in [0.2, 0.25) is 0 Å². The highest BCUT2D eigenvalue weighted by Gasteiger charge is 2.34. The van der Waals surface area contributed by atoms with E-state index in [1.165, 1.54) is 59.4 Å². The molecular weight excluding hydrogens is 514 g/mol. The van der Waals surface area contributed by atoms with Gasteiger partial charge in [0.05, 0.1) is 39.7 Å². The Kier molecular flexibility index (Phi) is 6.87. The van der Waals surface area contributed by atoms with E-state index < -0.39 is 35.0 Å².